The molecule has 0 heterocycles. The molecule has 0 bridgehead atoms. The van der Waals surface area contributed by atoms with Crippen LogP contribution in [-0.2, 0) is 20.8 Å². The van der Waals surface area contributed by atoms with Gasteiger partial charge in [-0.2, -0.15) is 5.10 Å². The molecule has 0 saturated heterocycles. The van der Waals surface area contributed by atoms with Crippen LogP contribution >= 0.6 is 0 Å². The van der Waals surface area contributed by atoms with Crippen LogP contribution in [-0.4, -0.2) is 30.5 Å². The summed E-state index contributed by atoms with van der Waals surface area (Å²) in [6, 6.07) is 13.9. The molecule has 0 atom stereocenters. The maximum atomic E-state index is 12.0. The second kappa shape index (κ2) is 9.71. The number of aryl methyl sites for hydroxylation is 1. The van der Waals surface area contributed by atoms with E-state index in [4.69, 9.17) is 10.5 Å². The highest BCUT2D eigenvalue weighted by atomic mass is 16.5. The summed E-state index contributed by atoms with van der Waals surface area (Å²) in [5.74, 6) is -1.86. The Balaban J connectivity index is 1.91. The number of benzene rings is 2. The average Bonchev–Trinajstić information content (AvgIpc) is 2.67. The smallest absolute Gasteiger partial charge is 0.329 e. The zero-order valence-electron chi connectivity index (χ0n) is 14.8. The molecule has 0 aromatic heterocycles. The van der Waals surface area contributed by atoms with Gasteiger partial charge in [-0.05, 0) is 35.7 Å². The zero-order valence-corrected chi connectivity index (χ0v) is 14.8. The fraction of sp³-hybridized carbons (Fsp3) is 0.158. The molecule has 3 amide bonds. The number of nitrogens with zero attached hydrogens (tertiary/aromatic N) is 1. The number of carbonyl (C=O) groups excluding carboxylic acids is 3. The highest BCUT2D eigenvalue weighted by Gasteiger charge is 2.14. The van der Waals surface area contributed by atoms with Crippen molar-refractivity contribution in [3.05, 3.63) is 59.7 Å². The number of anilines is 1. The lowest BCUT2D eigenvalue weighted by Crippen LogP contribution is -2.32. The quantitative estimate of drug-likeness (QED) is 0.386. The van der Waals surface area contributed by atoms with Crippen molar-refractivity contribution in [1.82, 2.24) is 5.43 Å². The van der Waals surface area contributed by atoms with Crippen LogP contribution in [0.5, 0.6) is 5.75 Å². The Kier molecular flexibility index (Phi) is 7.07. The minimum atomic E-state index is -0.890. The maximum Gasteiger partial charge on any atom is 0.329 e. The molecule has 0 unspecified atom stereocenters. The van der Waals surface area contributed by atoms with E-state index in [-0.39, 0.29) is 6.61 Å². The molecule has 2 aromatic rings. The number of rotatable bonds is 7. The Morgan fingerprint density at radius 1 is 1.11 bits per heavy atom. The van der Waals surface area contributed by atoms with Gasteiger partial charge in [-0.1, -0.05) is 37.3 Å². The molecule has 4 N–H and O–H groups in total. The fourth-order valence-corrected chi connectivity index (χ4v) is 2.18. The van der Waals surface area contributed by atoms with E-state index in [1.165, 1.54) is 6.21 Å². The molecule has 0 spiro atoms. The number of para-hydroxylation sites is 1. The van der Waals surface area contributed by atoms with E-state index in [1.807, 2.05) is 19.1 Å². The number of nitrogens with two attached hydrogens (primary N) is 1. The van der Waals surface area contributed by atoms with Gasteiger partial charge in [-0.25, -0.2) is 5.43 Å². The van der Waals surface area contributed by atoms with Crippen molar-refractivity contribution in [3.8, 4) is 5.75 Å². The van der Waals surface area contributed by atoms with Gasteiger partial charge in [0.2, 0.25) is 0 Å². The topological polar surface area (TPSA) is 123 Å². The highest BCUT2D eigenvalue weighted by Crippen LogP contribution is 2.15. The number of ether oxygens (including phenoxy) is 1. The van der Waals surface area contributed by atoms with Crippen molar-refractivity contribution >= 4 is 29.6 Å². The van der Waals surface area contributed by atoms with Crippen molar-refractivity contribution in [2.45, 2.75) is 13.3 Å². The molecular weight excluding hydrogens is 348 g/mol. The minimum absolute atomic E-state index is 0.239. The molecule has 27 heavy (non-hydrogen) atoms. The second-order valence-corrected chi connectivity index (χ2v) is 5.49. The molecular formula is C19H20N4O4. The summed E-state index contributed by atoms with van der Waals surface area (Å²) in [5, 5.41) is 6.31. The van der Waals surface area contributed by atoms with E-state index in [0.29, 0.717) is 17.0 Å². The average molecular weight is 368 g/mol. The normalized spacial score (nSPS) is 10.4. The monoisotopic (exact) mass is 368 g/mol. The van der Waals surface area contributed by atoms with Gasteiger partial charge in [-0.3, -0.25) is 14.4 Å². The Hall–Kier alpha value is -3.68. The standard InChI is InChI=1S/C19H20N4O4/c1-2-14-7-3-4-9-16(14)22-18(25)19(26)23-21-11-13-6-5-8-15(10-13)27-12-17(20)24/h3-11H,2,12H2,1H3,(H2,20,24)(H,22,25)(H,23,26). The summed E-state index contributed by atoms with van der Waals surface area (Å²) in [6.07, 6.45) is 2.08. The van der Waals surface area contributed by atoms with E-state index in [1.54, 1.807) is 36.4 Å². The molecule has 140 valence electrons. The van der Waals surface area contributed by atoms with Gasteiger partial charge in [0.1, 0.15) is 5.75 Å². The Bertz CT molecular complexity index is 864. The first-order valence-electron chi connectivity index (χ1n) is 8.23. The first-order chi connectivity index (χ1) is 13.0. The van der Waals surface area contributed by atoms with Crippen LogP contribution in [0.2, 0.25) is 0 Å². The first-order valence-corrected chi connectivity index (χ1v) is 8.23. The molecule has 0 saturated carbocycles. The Labute approximate surface area is 156 Å². The van der Waals surface area contributed by atoms with E-state index in [2.05, 4.69) is 15.8 Å². The predicted octanol–water partition coefficient (Wildman–Crippen LogP) is 1.20. The molecule has 0 aliphatic rings. The van der Waals surface area contributed by atoms with Gasteiger partial charge in [0.05, 0.1) is 6.21 Å². The van der Waals surface area contributed by atoms with E-state index >= 15 is 0 Å². The third-order valence-electron chi connectivity index (χ3n) is 3.47. The van der Waals surface area contributed by atoms with Crippen LogP contribution in [0.1, 0.15) is 18.1 Å². The van der Waals surface area contributed by atoms with Crippen molar-refractivity contribution < 1.29 is 19.1 Å². The molecule has 8 nitrogen and oxygen atoms in total. The minimum Gasteiger partial charge on any atom is -0.484 e. The molecule has 0 aliphatic heterocycles. The molecule has 2 rings (SSSR count). The van der Waals surface area contributed by atoms with E-state index in [9.17, 15) is 14.4 Å². The number of nitrogens with one attached hydrogen (secondary N) is 2. The first kappa shape index (κ1) is 19.6. The summed E-state index contributed by atoms with van der Waals surface area (Å²) in [4.78, 5) is 34.6. The number of carbonyl (C=O) groups is 3. The molecule has 0 radical (unpaired) electrons. The third-order valence-corrected chi connectivity index (χ3v) is 3.47. The summed E-state index contributed by atoms with van der Waals surface area (Å²) in [5.41, 5.74) is 9.30. The second-order valence-electron chi connectivity index (χ2n) is 5.49. The fourth-order valence-electron chi connectivity index (χ4n) is 2.18. The molecule has 0 aliphatic carbocycles. The van der Waals surface area contributed by atoms with Crippen LogP contribution in [0.25, 0.3) is 0 Å². The summed E-state index contributed by atoms with van der Waals surface area (Å²) < 4.78 is 5.17. The maximum absolute atomic E-state index is 12.0. The molecule has 0 fully saturated rings. The Morgan fingerprint density at radius 2 is 1.89 bits per heavy atom. The van der Waals surface area contributed by atoms with Crippen LogP contribution < -0.4 is 21.2 Å². The summed E-state index contributed by atoms with van der Waals surface area (Å²) in [7, 11) is 0. The predicted molar refractivity (Wildman–Crippen MR) is 101 cm³/mol. The number of amides is 3. The zero-order chi connectivity index (χ0) is 19.6. The number of hydrazone groups is 1. The molecule has 2 aromatic carbocycles. The van der Waals surface area contributed by atoms with Gasteiger partial charge in [0, 0.05) is 5.69 Å². The summed E-state index contributed by atoms with van der Waals surface area (Å²) in [6.45, 7) is 1.72. The third kappa shape index (κ3) is 6.28. The van der Waals surface area contributed by atoms with E-state index < -0.39 is 17.7 Å². The lowest BCUT2D eigenvalue weighted by molar-refractivity contribution is -0.136. The lowest BCUT2D eigenvalue weighted by atomic mass is 10.1. The number of hydrogen-bond donors (Lipinski definition) is 3. The van der Waals surface area contributed by atoms with Gasteiger partial charge in [0.25, 0.3) is 5.91 Å². The number of hydrogen-bond acceptors (Lipinski definition) is 5. The van der Waals surface area contributed by atoms with Crippen molar-refractivity contribution in [2.24, 2.45) is 10.8 Å². The lowest BCUT2D eigenvalue weighted by Gasteiger charge is -2.08. The van der Waals surface area contributed by atoms with Crippen LogP contribution in [0.3, 0.4) is 0 Å². The van der Waals surface area contributed by atoms with Gasteiger partial charge in [0.15, 0.2) is 6.61 Å². The molecule has 8 heteroatoms. The van der Waals surface area contributed by atoms with Crippen LogP contribution in [0, 0.1) is 0 Å². The SMILES string of the molecule is CCc1ccccc1NC(=O)C(=O)NN=Cc1cccc(OCC(N)=O)c1. The van der Waals surface area contributed by atoms with Crippen molar-refractivity contribution in [3.63, 3.8) is 0 Å². The largest absolute Gasteiger partial charge is 0.484 e. The van der Waals surface area contributed by atoms with Crippen molar-refractivity contribution in [1.29, 1.82) is 0 Å². The van der Waals surface area contributed by atoms with Crippen molar-refractivity contribution in [2.75, 3.05) is 11.9 Å². The van der Waals surface area contributed by atoms with Crippen LogP contribution in [0.15, 0.2) is 53.6 Å². The Morgan fingerprint density at radius 3 is 2.63 bits per heavy atom. The number of primary amides is 1. The summed E-state index contributed by atoms with van der Waals surface area (Å²) >= 11 is 0. The van der Waals surface area contributed by atoms with Gasteiger partial charge < -0.3 is 15.8 Å². The van der Waals surface area contributed by atoms with Gasteiger partial charge in [-0.15, -0.1) is 0 Å². The van der Waals surface area contributed by atoms with Crippen LogP contribution in [0.4, 0.5) is 5.69 Å². The highest BCUT2D eigenvalue weighted by molar-refractivity contribution is 6.39. The van der Waals surface area contributed by atoms with E-state index in [0.717, 1.165) is 12.0 Å². The van der Waals surface area contributed by atoms with Gasteiger partial charge >= 0.3 is 11.8 Å².